The second-order valence-electron chi connectivity index (χ2n) is 7.90. The van der Waals surface area contributed by atoms with Gasteiger partial charge in [0.25, 0.3) is 0 Å². The Labute approximate surface area is 168 Å². The van der Waals surface area contributed by atoms with E-state index in [0.717, 1.165) is 44.6 Å². The first-order valence-electron chi connectivity index (χ1n) is 10.5. The number of guanidine groups is 1. The van der Waals surface area contributed by atoms with Crippen LogP contribution in [0.3, 0.4) is 0 Å². The van der Waals surface area contributed by atoms with Crippen LogP contribution in [0.4, 0.5) is 0 Å². The van der Waals surface area contributed by atoms with Gasteiger partial charge in [-0.15, -0.1) is 0 Å². The molecule has 2 fully saturated rings. The average Bonchev–Trinajstić information content (AvgIpc) is 3.25. The minimum Gasteiger partial charge on any atom is -0.354 e. The van der Waals surface area contributed by atoms with Crippen molar-refractivity contribution in [3.8, 4) is 0 Å². The van der Waals surface area contributed by atoms with Gasteiger partial charge in [0.05, 0.1) is 6.54 Å². The molecule has 28 heavy (non-hydrogen) atoms. The maximum atomic E-state index is 4.54. The van der Waals surface area contributed by atoms with Crippen molar-refractivity contribution in [1.82, 2.24) is 24.9 Å². The highest BCUT2D eigenvalue weighted by molar-refractivity contribution is 5.80. The third-order valence-electron chi connectivity index (χ3n) is 6.11. The predicted octanol–water partition coefficient (Wildman–Crippen LogP) is 2.44. The highest BCUT2D eigenvalue weighted by Gasteiger charge is 2.36. The third-order valence-corrected chi connectivity index (χ3v) is 6.11. The van der Waals surface area contributed by atoms with E-state index in [-0.39, 0.29) is 0 Å². The van der Waals surface area contributed by atoms with E-state index in [1.54, 1.807) is 0 Å². The fourth-order valence-electron chi connectivity index (χ4n) is 4.76. The number of rotatable bonds is 5. The van der Waals surface area contributed by atoms with Crippen LogP contribution in [-0.2, 0) is 13.1 Å². The van der Waals surface area contributed by atoms with Gasteiger partial charge in [-0.2, -0.15) is 5.10 Å². The first kappa shape index (κ1) is 19.0. The van der Waals surface area contributed by atoms with E-state index in [0.29, 0.717) is 6.04 Å². The zero-order valence-electron chi connectivity index (χ0n) is 16.9. The van der Waals surface area contributed by atoms with Crippen LogP contribution in [0.25, 0.3) is 0 Å². The highest BCUT2D eigenvalue weighted by atomic mass is 15.3. The summed E-state index contributed by atoms with van der Waals surface area (Å²) in [6.07, 6.45) is 7.67. The quantitative estimate of drug-likeness (QED) is 0.639. The summed E-state index contributed by atoms with van der Waals surface area (Å²) >= 11 is 0. The second kappa shape index (κ2) is 9.24. The number of nitrogens with zero attached hydrogens (tertiary/aromatic N) is 5. The molecule has 2 aliphatic heterocycles. The molecule has 0 aliphatic carbocycles. The molecule has 150 valence electrons. The Morgan fingerprint density at radius 2 is 2.07 bits per heavy atom. The van der Waals surface area contributed by atoms with E-state index in [4.69, 9.17) is 0 Å². The molecule has 0 radical (unpaired) electrons. The van der Waals surface area contributed by atoms with Gasteiger partial charge in [-0.3, -0.25) is 14.6 Å². The van der Waals surface area contributed by atoms with Crippen molar-refractivity contribution < 1.29 is 0 Å². The zero-order valence-corrected chi connectivity index (χ0v) is 16.9. The van der Waals surface area contributed by atoms with Crippen molar-refractivity contribution in [2.45, 2.75) is 38.4 Å². The fraction of sp³-hybridized carbons (Fsp3) is 0.545. The van der Waals surface area contributed by atoms with Crippen LogP contribution in [0.5, 0.6) is 0 Å². The summed E-state index contributed by atoms with van der Waals surface area (Å²) in [4.78, 5) is 9.71. The molecule has 1 aromatic heterocycles. The van der Waals surface area contributed by atoms with Gasteiger partial charge in [0, 0.05) is 51.7 Å². The van der Waals surface area contributed by atoms with Crippen LogP contribution in [0.2, 0.25) is 0 Å². The molecule has 2 aliphatic rings. The van der Waals surface area contributed by atoms with Crippen LogP contribution in [-0.4, -0.2) is 64.8 Å². The molecule has 0 spiro atoms. The Hall–Kier alpha value is -2.34. The minimum absolute atomic E-state index is 0.701. The molecular weight excluding hydrogens is 348 g/mol. The zero-order chi connectivity index (χ0) is 19.2. The highest BCUT2D eigenvalue weighted by Crippen LogP contribution is 2.31. The number of nitrogens with one attached hydrogen (secondary N) is 1. The van der Waals surface area contributed by atoms with Gasteiger partial charge in [-0.1, -0.05) is 30.3 Å². The van der Waals surface area contributed by atoms with Gasteiger partial charge in [0.2, 0.25) is 0 Å². The Kier molecular flexibility index (Phi) is 6.27. The number of fused-ring (bicyclic) bond motifs is 1. The number of piperidine rings is 2. The fourth-order valence-corrected chi connectivity index (χ4v) is 4.76. The summed E-state index contributed by atoms with van der Waals surface area (Å²) in [5.41, 5.74) is 1.43. The molecule has 6 nitrogen and oxygen atoms in total. The maximum Gasteiger partial charge on any atom is 0.193 e. The van der Waals surface area contributed by atoms with Crippen molar-refractivity contribution in [3.63, 3.8) is 0 Å². The van der Waals surface area contributed by atoms with Crippen molar-refractivity contribution in [3.05, 3.63) is 54.4 Å². The Morgan fingerprint density at radius 3 is 2.86 bits per heavy atom. The third kappa shape index (κ3) is 4.55. The summed E-state index contributed by atoms with van der Waals surface area (Å²) in [7, 11) is 1.89. The van der Waals surface area contributed by atoms with Crippen molar-refractivity contribution in [2.24, 2.45) is 10.9 Å². The lowest BCUT2D eigenvalue weighted by molar-refractivity contribution is 0.0372. The van der Waals surface area contributed by atoms with Crippen LogP contribution in [0, 0.1) is 5.92 Å². The number of likely N-dealkylation sites (tertiary alicyclic amines) is 2. The number of hydrogen-bond acceptors (Lipinski definition) is 3. The molecule has 1 aromatic carbocycles. The molecule has 4 rings (SSSR count). The Balaban J connectivity index is 1.32. The average molecular weight is 381 g/mol. The molecule has 0 saturated carbocycles. The van der Waals surface area contributed by atoms with E-state index in [1.165, 1.54) is 31.4 Å². The van der Waals surface area contributed by atoms with E-state index in [1.807, 2.05) is 30.2 Å². The van der Waals surface area contributed by atoms with Crippen LogP contribution in [0.15, 0.2) is 53.8 Å². The molecule has 2 unspecified atom stereocenters. The molecule has 2 aromatic rings. The molecule has 2 saturated heterocycles. The summed E-state index contributed by atoms with van der Waals surface area (Å²) in [5.74, 6) is 1.77. The van der Waals surface area contributed by atoms with Gasteiger partial charge in [-0.05, 0) is 43.4 Å². The van der Waals surface area contributed by atoms with E-state index >= 15 is 0 Å². The van der Waals surface area contributed by atoms with E-state index in [2.05, 4.69) is 55.5 Å². The van der Waals surface area contributed by atoms with Crippen LogP contribution < -0.4 is 5.32 Å². The molecule has 3 heterocycles. The molecule has 6 heteroatoms. The molecule has 0 amide bonds. The van der Waals surface area contributed by atoms with Gasteiger partial charge < -0.3 is 10.2 Å². The van der Waals surface area contributed by atoms with Gasteiger partial charge in [-0.25, -0.2) is 0 Å². The lowest BCUT2D eigenvalue weighted by Gasteiger charge is -2.48. The summed E-state index contributed by atoms with van der Waals surface area (Å²) < 4.78 is 1.95. The van der Waals surface area contributed by atoms with Crippen LogP contribution in [0.1, 0.15) is 24.8 Å². The number of benzene rings is 1. The largest absolute Gasteiger partial charge is 0.354 e. The van der Waals surface area contributed by atoms with Crippen molar-refractivity contribution >= 4 is 5.96 Å². The van der Waals surface area contributed by atoms with Crippen molar-refractivity contribution in [2.75, 3.05) is 33.2 Å². The number of aliphatic imine (C=N–C) groups is 1. The summed E-state index contributed by atoms with van der Waals surface area (Å²) in [6, 6.07) is 13.6. The maximum absolute atomic E-state index is 4.54. The Bertz CT molecular complexity index is 742. The summed E-state index contributed by atoms with van der Waals surface area (Å²) in [5, 5.41) is 7.79. The molecule has 2 atom stereocenters. The van der Waals surface area contributed by atoms with Gasteiger partial charge >= 0.3 is 0 Å². The standard InChI is InChI=1S/C22H32N6/c1-23-22(24-12-16-28-14-6-11-25-28)27-15-10-21-20(18-27)9-5-13-26(21)17-19-7-3-2-4-8-19/h2-4,6-8,11,14,20-21H,5,9-10,12-13,15-18H2,1H3,(H,23,24). The lowest BCUT2D eigenvalue weighted by atomic mass is 9.83. The van der Waals surface area contributed by atoms with Gasteiger partial charge in [0.1, 0.15) is 0 Å². The summed E-state index contributed by atoms with van der Waals surface area (Å²) in [6.45, 7) is 6.20. The first-order valence-corrected chi connectivity index (χ1v) is 10.5. The topological polar surface area (TPSA) is 48.7 Å². The van der Waals surface area contributed by atoms with E-state index in [9.17, 15) is 0 Å². The van der Waals surface area contributed by atoms with Gasteiger partial charge in [0.15, 0.2) is 5.96 Å². The van der Waals surface area contributed by atoms with Crippen LogP contribution >= 0.6 is 0 Å². The lowest BCUT2D eigenvalue weighted by Crippen LogP contribution is -2.56. The Morgan fingerprint density at radius 1 is 1.18 bits per heavy atom. The monoisotopic (exact) mass is 380 g/mol. The smallest absolute Gasteiger partial charge is 0.193 e. The minimum atomic E-state index is 0.701. The second-order valence-corrected chi connectivity index (χ2v) is 7.90. The van der Waals surface area contributed by atoms with Crippen molar-refractivity contribution in [1.29, 1.82) is 0 Å². The number of hydrogen-bond donors (Lipinski definition) is 1. The van der Waals surface area contributed by atoms with E-state index < -0.39 is 0 Å². The molecular formula is C22H32N6. The first-order chi connectivity index (χ1) is 13.8. The SMILES string of the molecule is CN=C(NCCn1cccn1)N1CCC2C(CCCN2Cc2ccccc2)C1. The predicted molar refractivity (Wildman–Crippen MR) is 113 cm³/mol. The normalized spacial score (nSPS) is 23.5. The molecule has 1 N–H and O–H groups in total. The number of aromatic nitrogens is 2. The molecule has 0 bridgehead atoms.